The molecule has 2 nitrogen and oxygen atoms in total. The van der Waals surface area contributed by atoms with Gasteiger partial charge in [0.25, 0.3) is 5.91 Å². The Hall–Kier alpha value is -0.350. The fourth-order valence-corrected chi connectivity index (χ4v) is 3.35. The highest BCUT2D eigenvalue weighted by Gasteiger charge is 2.22. The first kappa shape index (κ1) is 11.1. The smallest absolute Gasteiger partial charge is 0.263 e. The van der Waals surface area contributed by atoms with Gasteiger partial charge in [-0.05, 0) is 40.8 Å². The van der Waals surface area contributed by atoms with Crippen LogP contribution in [0.15, 0.2) is 15.9 Å². The lowest BCUT2D eigenvalue weighted by molar-refractivity contribution is 0.0688. The van der Waals surface area contributed by atoms with E-state index in [-0.39, 0.29) is 5.91 Å². The molecule has 1 aliphatic rings. The number of carbonyl (C=O) groups is 1. The molecule has 4 heteroatoms. The molecule has 0 aliphatic carbocycles. The molecule has 1 aliphatic heterocycles. The molecule has 1 saturated heterocycles. The van der Waals surface area contributed by atoms with Crippen molar-refractivity contribution in [3.63, 3.8) is 0 Å². The van der Waals surface area contributed by atoms with E-state index < -0.39 is 0 Å². The van der Waals surface area contributed by atoms with E-state index in [1.807, 2.05) is 16.3 Å². The van der Waals surface area contributed by atoms with Crippen LogP contribution in [0.4, 0.5) is 0 Å². The molecule has 0 unspecified atom stereocenters. The fraction of sp³-hybridized carbons (Fsp3) is 0.545. The maximum absolute atomic E-state index is 12.1. The summed E-state index contributed by atoms with van der Waals surface area (Å²) in [5.74, 6) is 0.836. The Morgan fingerprint density at radius 2 is 2.47 bits per heavy atom. The number of carbonyl (C=O) groups excluding carboxylic acids is 1. The van der Waals surface area contributed by atoms with Gasteiger partial charge >= 0.3 is 0 Å². The van der Waals surface area contributed by atoms with Crippen LogP contribution in [0.5, 0.6) is 0 Å². The highest BCUT2D eigenvalue weighted by atomic mass is 79.9. The summed E-state index contributed by atoms with van der Waals surface area (Å²) < 4.78 is 1.00. The predicted octanol–water partition coefficient (Wildman–Crippen LogP) is 3.38. The van der Waals surface area contributed by atoms with Crippen molar-refractivity contribution in [1.29, 1.82) is 0 Å². The average Bonchev–Trinajstić information content (AvgIpc) is 2.64. The molecule has 0 spiro atoms. The molecule has 1 atom stereocenters. The summed E-state index contributed by atoms with van der Waals surface area (Å²) in [5, 5.41) is 1.96. The Kier molecular flexibility index (Phi) is 3.46. The van der Waals surface area contributed by atoms with Crippen molar-refractivity contribution in [2.45, 2.75) is 19.8 Å². The minimum atomic E-state index is 0.192. The van der Waals surface area contributed by atoms with E-state index in [1.54, 1.807) is 0 Å². The van der Waals surface area contributed by atoms with Crippen molar-refractivity contribution < 1.29 is 4.79 Å². The zero-order chi connectivity index (χ0) is 10.8. The molecular weight excluding hydrogens is 274 g/mol. The van der Waals surface area contributed by atoms with Crippen LogP contribution in [-0.4, -0.2) is 23.9 Å². The standard InChI is InChI=1S/C11H14BrNOS/c1-8-3-2-4-13(6-8)11(14)10-5-9(12)7-15-10/h5,7-8H,2-4,6H2,1H3/t8-/m0/s1. The summed E-state index contributed by atoms with van der Waals surface area (Å²) in [6.45, 7) is 4.04. The van der Waals surface area contributed by atoms with E-state index in [1.165, 1.54) is 17.8 Å². The van der Waals surface area contributed by atoms with Gasteiger partial charge in [-0.3, -0.25) is 4.79 Å². The Morgan fingerprint density at radius 1 is 1.67 bits per heavy atom. The van der Waals surface area contributed by atoms with Crippen molar-refractivity contribution in [3.8, 4) is 0 Å². The summed E-state index contributed by atoms with van der Waals surface area (Å²) in [6, 6.07) is 1.91. The molecule has 2 heterocycles. The zero-order valence-electron chi connectivity index (χ0n) is 8.70. The van der Waals surface area contributed by atoms with Crippen LogP contribution in [0.25, 0.3) is 0 Å². The van der Waals surface area contributed by atoms with Crippen LogP contribution in [-0.2, 0) is 0 Å². The minimum absolute atomic E-state index is 0.192. The number of likely N-dealkylation sites (tertiary alicyclic amines) is 1. The van der Waals surface area contributed by atoms with Gasteiger partial charge in [0.15, 0.2) is 0 Å². The predicted molar refractivity (Wildman–Crippen MR) is 66.3 cm³/mol. The van der Waals surface area contributed by atoms with Gasteiger partial charge in [-0.2, -0.15) is 0 Å². The zero-order valence-corrected chi connectivity index (χ0v) is 11.1. The van der Waals surface area contributed by atoms with E-state index in [2.05, 4.69) is 22.9 Å². The van der Waals surface area contributed by atoms with Gasteiger partial charge in [-0.25, -0.2) is 0 Å². The van der Waals surface area contributed by atoms with Gasteiger partial charge in [0, 0.05) is 22.9 Å². The van der Waals surface area contributed by atoms with Crippen molar-refractivity contribution in [3.05, 3.63) is 20.8 Å². The highest BCUT2D eigenvalue weighted by Crippen LogP contribution is 2.23. The number of hydrogen-bond acceptors (Lipinski definition) is 2. The Morgan fingerprint density at radius 3 is 3.07 bits per heavy atom. The van der Waals surface area contributed by atoms with Gasteiger partial charge in [-0.1, -0.05) is 6.92 Å². The lowest BCUT2D eigenvalue weighted by atomic mass is 10.0. The monoisotopic (exact) mass is 287 g/mol. The molecule has 0 aromatic carbocycles. The first-order valence-electron chi connectivity index (χ1n) is 5.20. The lowest BCUT2D eigenvalue weighted by Crippen LogP contribution is -2.38. The number of thiophene rings is 1. The highest BCUT2D eigenvalue weighted by molar-refractivity contribution is 9.10. The van der Waals surface area contributed by atoms with Crippen molar-refractivity contribution in [2.75, 3.05) is 13.1 Å². The number of piperidine rings is 1. The molecule has 0 N–H and O–H groups in total. The van der Waals surface area contributed by atoms with Crippen LogP contribution in [0, 0.1) is 5.92 Å². The van der Waals surface area contributed by atoms with E-state index >= 15 is 0 Å². The third-order valence-corrected chi connectivity index (χ3v) is 4.40. The van der Waals surface area contributed by atoms with Crippen LogP contribution in [0.2, 0.25) is 0 Å². The quantitative estimate of drug-likeness (QED) is 0.775. The molecule has 1 aromatic rings. The second-order valence-electron chi connectivity index (χ2n) is 4.13. The summed E-state index contributed by atoms with van der Waals surface area (Å²) in [7, 11) is 0. The number of amides is 1. The van der Waals surface area contributed by atoms with Gasteiger partial charge in [0.05, 0.1) is 4.88 Å². The Bertz CT molecular complexity index is 363. The second-order valence-corrected chi connectivity index (χ2v) is 5.95. The normalized spacial score (nSPS) is 21.7. The van der Waals surface area contributed by atoms with Gasteiger partial charge < -0.3 is 4.90 Å². The molecule has 0 radical (unpaired) electrons. The molecule has 1 amide bonds. The van der Waals surface area contributed by atoms with Crippen molar-refractivity contribution in [1.82, 2.24) is 4.90 Å². The van der Waals surface area contributed by atoms with Crippen LogP contribution in [0.1, 0.15) is 29.4 Å². The largest absolute Gasteiger partial charge is 0.338 e. The number of halogens is 1. The van der Waals surface area contributed by atoms with Gasteiger partial charge in [0.1, 0.15) is 0 Å². The maximum Gasteiger partial charge on any atom is 0.263 e. The molecular formula is C11H14BrNOS. The fourth-order valence-electron chi connectivity index (χ4n) is 1.95. The molecule has 0 bridgehead atoms. The third kappa shape index (κ3) is 2.61. The first-order valence-corrected chi connectivity index (χ1v) is 6.87. The Balaban J connectivity index is 2.07. The van der Waals surface area contributed by atoms with E-state index in [0.29, 0.717) is 5.92 Å². The van der Waals surface area contributed by atoms with Crippen molar-refractivity contribution >= 4 is 33.2 Å². The van der Waals surface area contributed by atoms with Crippen molar-refractivity contribution in [2.24, 2.45) is 5.92 Å². The summed E-state index contributed by atoms with van der Waals surface area (Å²) in [4.78, 5) is 14.9. The van der Waals surface area contributed by atoms with Crippen LogP contribution < -0.4 is 0 Å². The lowest BCUT2D eigenvalue weighted by Gasteiger charge is -2.30. The average molecular weight is 288 g/mol. The first-order chi connectivity index (χ1) is 7.16. The molecule has 15 heavy (non-hydrogen) atoms. The van der Waals surface area contributed by atoms with Gasteiger partial charge in [-0.15, -0.1) is 11.3 Å². The molecule has 1 fully saturated rings. The van der Waals surface area contributed by atoms with E-state index in [0.717, 1.165) is 28.9 Å². The number of nitrogens with zero attached hydrogens (tertiary/aromatic N) is 1. The van der Waals surface area contributed by atoms with E-state index in [9.17, 15) is 4.79 Å². The molecule has 82 valence electrons. The second kappa shape index (κ2) is 4.66. The third-order valence-electron chi connectivity index (χ3n) is 2.72. The molecule has 0 saturated carbocycles. The number of hydrogen-bond donors (Lipinski definition) is 0. The Labute approximate surface area is 102 Å². The maximum atomic E-state index is 12.1. The molecule has 2 rings (SSSR count). The molecule has 1 aromatic heterocycles. The summed E-state index contributed by atoms with van der Waals surface area (Å²) in [6.07, 6.45) is 2.39. The minimum Gasteiger partial charge on any atom is -0.338 e. The summed E-state index contributed by atoms with van der Waals surface area (Å²) >= 11 is 4.89. The number of rotatable bonds is 1. The topological polar surface area (TPSA) is 20.3 Å². The summed E-state index contributed by atoms with van der Waals surface area (Å²) in [5.41, 5.74) is 0. The SMILES string of the molecule is C[C@H]1CCCN(C(=O)c2cc(Br)cs2)C1. The van der Waals surface area contributed by atoms with E-state index in [4.69, 9.17) is 0 Å². The van der Waals surface area contributed by atoms with Crippen LogP contribution in [0.3, 0.4) is 0 Å². The van der Waals surface area contributed by atoms with Crippen LogP contribution >= 0.6 is 27.3 Å². The van der Waals surface area contributed by atoms with Gasteiger partial charge in [0.2, 0.25) is 0 Å².